The van der Waals surface area contributed by atoms with Crippen LogP contribution in [0, 0.1) is 6.92 Å². The maximum absolute atomic E-state index is 16.0. The number of aryl methyl sites for hydroxylation is 1. The van der Waals surface area contributed by atoms with Crippen molar-refractivity contribution >= 4 is 47.1 Å². The van der Waals surface area contributed by atoms with Crippen LogP contribution in [0.5, 0.6) is 0 Å². The number of nitrogens with one attached hydrogen (secondary N) is 1. The molecule has 0 bridgehead atoms. The first-order chi connectivity index (χ1) is 22.7. The van der Waals surface area contributed by atoms with Crippen LogP contribution in [-0.2, 0) is 14.4 Å². The Labute approximate surface area is 285 Å². The fourth-order valence-electron chi connectivity index (χ4n) is 6.36. The average molecular weight is 671 g/mol. The molecule has 0 spiro atoms. The summed E-state index contributed by atoms with van der Waals surface area (Å²) in [4.78, 5) is 45.3. The third-order valence-electron chi connectivity index (χ3n) is 9.01. The zero-order valence-corrected chi connectivity index (χ0v) is 27.6. The van der Waals surface area contributed by atoms with E-state index in [1.807, 2.05) is 56.4 Å². The predicted octanol–water partition coefficient (Wildman–Crippen LogP) is 6.42. The van der Waals surface area contributed by atoms with Gasteiger partial charge in [-0.2, -0.15) is 0 Å². The molecule has 0 aromatic heterocycles. The number of likely N-dealkylation sites (N-methyl/N-ethyl adjacent to an activating group) is 1. The first kappa shape index (κ1) is 34.5. The average Bonchev–Trinajstić information content (AvgIpc) is 3.18. The van der Waals surface area contributed by atoms with E-state index in [-0.39, 0.29) is 41.6 Å². The number of para-hydroxylation sites is 2. The van der Waals surface area contributed by atoms with Gasteiger partial charge in [-0.3, -0.25) is 9.59 Å². The molecule has 3 aromatic carbocycles. The fraction of sp³-hybridized carbons (Fsp3) is 0.263. The van der Waals surface area contributed by atoms with E-state index in [4.69, 9.17) is 0 Å². The molecule has 1 saturated heterocycles. The Morgan fingerprint density at radius 3 is 2.25 bits per heavy atom. The topological polar surface area (TPSA) is 73.0 Å². The van der Waals surface area contributed by atoms with Crippen molar-refractivity contribution in [3.05, 3.63) is 131 Å². The zero-order valence-electron chi connectivity index (χ0n) is 26.8. The normalized spacial score (nSPS) is 20.0. The van der Waals surface area contributed by atoms with Crippen LogP contribution in [0.2, 0.25) is 0 Å². The molecule has 3 aliphatic rings. The minimum Gasteiger partial charge on any atom is -0.340 e. The minimum atomic E-state index is -3.32. The number of halogens is 3. The number of amides is 2. The molecule has 3 aromatic rings. The van der Waals surface area contributed by atoms with Gasteiger partial charge in [-0.15, -0.1) is 12.4 Å². The molecule has 1 unspecified atom stereocenters. The van der Waals surface area contributed by atoms with Crippen LogP contribution in [0.3, 0.4) is 0 Å². The number of benzene rings is 3. The van der Waals surface area contributed by atoms with Gasteiger partial charge in [-0.05, 0) is 43.8 Å². The van der Waals surface area contributed by atoms with Crippen molar-refractivity contribution in [1.29, 1.82) is 0 Å². The smallest absolute Gasteiger partial charge is 0.275 e. The second-order valence-corrected chi connectivity index (χ2v) is 12.2. The van der Waals surface area contributed by atoms with Crippen LogP contribution in [-0.4, -0.2) is 73.2 Å². The molecule has 1 fully saturated rings. The number of carbonyl (C=O) groups is 2. The van der Waals surface area contributed by atoms with E-state index in [0.29, 0.717) is 54.4 Å². The second-order valence-electron chi connectivity index (χ2n) is 12.2. The van der Waals surface area contributed by atoms with Gasteiger partial charge in [-0.25, -0.2) is 13.6 Å². The number of allylic oxidation sites excluding steroid dienone is 4. The van der Waals surface area contributed by atoms with Gasteiger partial charge in [0, 0.05) is 73.3 Å². The van der Waals surface area contributed by atoms with E-state index in [1.165, 1.54) is 0 Å². The lowest BCUT2D eigenvalue weighted by atomic mass is 9.79. The first-order valence-electron chi connectivity index (χ1n) is 15.7. The molecule has 1 N–H and O–H groups in total. The van der Waals surface area contributed by atoms with Crippen LogP contribution in [0.15, 0.2) is 114 Å². The summed E-state index contributed by atoms with van der Waals surface area (Å²) in [6.07, 6.45) is 3.77. The van der Waals surface area contributed by atoms with Crippen LogP contribution < -0.4 is 10.2 Å². The standard InChI is InChI=1S/C38H36F2N4O3.ClH/c1-26-12-14-27(15-13-26)36-30(37(47)41-28-8-4-3-5-9-28)16-17-34(31(36)25-45)44-19-18-38(39,40)32(29-10-6-7-11-33(29)44)24-35(46)43-22-20-42(2)21-23-43;/h3-17,24,36H,18-23H2,1-2H3,(H,41,47);1H. The van der Waals surface area contributed by atoms with Gasteiger partial charge in [-0.1, -0.05) is 72.3 Å². The van der Waals surface area contributed by atoms with Gasteiger partial charge in [0.15, 0.2) is 0 Å². The highest BCUT2D eigenvalue weighted by Gasteiger charge is 2.43. The molecule has 2 heterocycles. The molecule has 2 amide bonds. The maximum atomic E-state index is 16.0. The van der Waals surface area contributed by atoms with Gasteiger partial charge in [0.05, 0.1) is 17.2 Å². The van der Waals surface area contributed by atoms with E-state index in [1.54, 1.807) is 58.4 Å². The minimum absolute atomic E-state index is 0. The highest BCUT2D eigenvalue weighted by atomic mass is 35.5. The Bertz CT molecular complexity index is 1820. The molecular formula is C38H37ClF2N4O3. The predicted molar refractivity (Wildman–Crippen MR) is 187 cm³/mol. The summed E-state index contributed by atoms with van der Waals surface area (Å²) >= 11 is 0. The number of fused-ring (bicyclic) bond motifs is 1. The van der Waals surface area contributed by atoms with Crippen molar-refractivity contribution in [2.45, 2.75) is 25.2 Å². The van der Waals surface area contributed by atoms with Gasteiger partial charge >= 0.3 is 0 Å². The zero-order chi connectivity index (χ0) is 33.1. The molecule has 0 radical (unpaired) electrons. The molecule has 2 aliphatic heterocycles. The quantitative estimate of drug-likeness (QED) is 0.251. The molecule has 6 rings (SSSR count). The van der Waals surface area contributed by atoms with Crippen LogP contribution >= 0.6 is 12.4 Å². The summed E-state index contributed by atoms with van der Waals surface area (Å²) in [5.74, 6) is -2.86. The first-order valence-corrected chi connectivity index (χ1v) is 15.7. The number of nitrogens with zero attached hydrogens (tertiary/aromatic N) is 3. The number of anilines is 2. The number of rotatable bonds is 5. The summed E-state index contributed by atoms with van der Waals surface area (Å²) in [6.45, 7) is 4.08. The van der Waals surface area contributed by atoms with Crippen LogP contribution in [0.1, 0.15) is 29.0 Å². The summed E-state index contributed by atoms with van der Waals surface area (Å²) in [6, 6.07) is 23.3. The Hall–Kier alpha value is -4.82. The van der Waals surface area contributed by atoms with E-state index in [9.17, 15) is 14.4 Å². The molecule has 48 heavy (non-hydrogen) atoms. The van der Waals surface area contributed by atoms with E-state index >= 15 is 8.78 Å². The summed E-state index contributed by atoms with van der Waals surface area (Å²) in [7, 11) is 1.96. The second kappa shape index (κ2) is 14.5. The molecule has 1 aliphatic carbocycles. The van der Waals surface area contributed by atoms with Crippen molar-refractivity contribution in [3.8, 4) is 0 Å². The number of hydrogen-bond acceptors (Lipinski definition) is 5. The number of alkyl halides is 2. The fourth-order valence-corrected chi connectivity index (χ4v) is 6.36. The van der Waals surface area contributed by atoms with Crippen molar-refractivity contribution in [2.75, 3.05) is 50.0 Å². The van der Waals surface area contributed by atoms with Crippen molar-refractivity contribution in [2.24, 2.45) is 0 Å². The molecule has 7 nitrogen and oxygen atoms in total. The molecule has 0 saturated carbocycles. The van der Waals surface area contributed by atoms with Gasteiger partial charge in [0.2, 0.25) is 5.91 Å². The van der Waals surface area contributed by atoms with Gasteiger partial charge < -0.3 is 20.0 Å². The molecule has 248 valence electrons. The Morgan fingerprint density at radius 1 is 0.896 bits per heavy atom. The summed E-state index contributed by atoms with van der Waals surface area (Å²) in [5, 5.41) is 2.91. The van der Waals surface area contributed by atoms with Crippen molar-refractivity contribution in [1.82, 2.24) is 9.80 Å². The van der Waals surface area contributed by atoms with Crippen LogP contribution in [0.4, 0.5) is 20.2 Å². The Balaban J connectivity index is 0.00000451. The molecule has 1 atom stereocenters. The Kier molecular flexibility index (Phi) is 10.4. The number of carbonyl (C=O) groups excluding carboxylic acids is 3. The van der Waals surface area contributed by atoms with E-state index in [0.717, 1.165) is 11.6 Å². The highest BCUT2D eigenvalue weighted by molar-refractivity contribution is 6.07. The lowest BCUT2D eigenvalue weighted by Crippen LogP contribution is -2.46. The SMILES string of the molecule is Cc1ccc(C2C(=C=O)C(N3CCC(F)(F)C(=CC(=O)N4CCN(C)CC4)c4ccccc43)=CC=C2C(=O)Nc2ccccc2)cc1.Cl. The summed E-state index contributed by atoms with van der Waals surface area (Å²) in [5.41, 5.74) is 3.47. The molecule has 10 heteroatoms. The largest absolute Gasteiger partial charge is 0.340 e. The van der Waals surface area contributed by atoms with Gasteiger partial charge in [0.25, 0.3) is 11.8 Å². The van der Waals surface area contributed by atoms with Gasteiger partial charge in [0.1, 0.15) is 5.94 Å². The van der Waals surface area contributed by atoms with Crippen molar-refractivity contribution in [3.63, 3.8) is 0 Å². The molecular weight excluding hydrogens is 634 g/mol. The van der Waals surface area contributed by atoms with E-state index < -0.39 is 24.2 Å². The third-order valence-corrected chi connectivity index (χ3v) is 9.01. The van der Waals surface area contributed by atoms with E-state index in [2.05, 4.69) is 16.2 Å². The highest BCUT2D eigenvalue weighted by Crippen LogP contribution is 2.47. The number of piperazine rings is 1. The monoisotopic (exact) mass is 670 g/mol. The summed E-state index contributed by atoms with van der Waals surface area (Å²) < 4.78 is 32.1. The maximum Gasteiger partial charge on any atom is 0.275 e. The number of hydrogen-bond donors (Lipinski definition) is 1. The lowest BCUT2D eigenvalue weighted by molar-refractivity contribution is -0.127. The lowest BCUT2D eigenvalue weighted by Gasteiger charge is -2.33. The van der Waals surface area contributed by atoms with Crippen LogP contribution in [0.25, 0.3) is 5.57 Å². The van der Waals surface area contributed by atoms with Crippen molar-refractivity contribution < 1.29 is 23.2 Å². The third kappa shape index (κ3) is 7.04. The Morgan fingerprint density at radius 2 is 1.56 bits per heavy atom.